The summed E-state index contributed by atoms with van der Waals surface area (Å²) in [6.07, 6.45) is 1.54. The van der Waals surface area contributed by atoms with Gasteiger partial charge in [0.15, 0.2) is 5.78 Å². The summed E-state index contributed by atoms with van der Waals surface area (Å²) < 4.78 is 0.991. The number of Topliss-reactive ketones (excluding diaryl/α,β-unsaturated/α-hetero) is 1. The van der Waals surface area contributed by atoms with E-state index in [0.717, 1.165) is 10.0 Å². The summed E-state index contributed by atoms with van der Waals surface area (Å²) >= 11 is 3.35. The quantitative estimate of drug-likeness (QED) is 0.792. The van der Waals surface area contributed by atoms with Gasteiger partial charge in [0.2, 0.25) is 5.82 Å². The van der Waals surface area contributed by atoms with E-state index in [9.17, 15) is 4.79 Å². The molecule has 0 spiro atoms. The Morgan fingerprint density at radius 3 is 2.56 bits per heavy atom. The number of rotatable bonds is 2. The van der Waals surface area contributed by atoms with Crippen molar-refractivity contribution in [2.24, 2.45) is 0 Å². The Bertz CT molecular complexity index is 525. The molecule has 0 atom stereocenters. The van der Waals surface area contributed by atoms with Gasteiger partial charge in [-0.15, -0.1) is 5.10 Å². The molecule has 0 aliphatic heterocycles. The van der Waals surface area contributed by atoms with E-state index in [2.05, 4.69) is 31.1 Å². The lowest BCUT2D eigenvalue weighted by molar-refractivity contribution is 0.100. The molecule has 0 saturated carbocycles. The van der Waals surface area contributed by atoms with Gasteiger partial charge in [0, 0.05) is 17.0 Å². The van der Waals surface area contributed by atoms with E-state index >= 15 is 0 Å². The van der Waals surface area contributed by atoms with Crippen molar-refractivity contribution in [3.8, 4) is 11.3 Å². The summed E-state index contributed by atoms with van der Waals surface area (Å²) in [4.78, 5) is 15.2. The average Bonchev–Trinajstić information content (AvgIpc) is 2.30. The van der Waals surface area contributed by atoms with E-state index < -0.39 is 0 Å². The molecule has 0 aliphatic carbocycles. The van der Waals surface area contributed by atoms with Crippen LogP contribution in [0.25, 0.3) is 11.3 Å². The van der Waals surface area contributed by atoms with E-state index in [0.29, 0.717) is 5.69 Å². The molecule has 0 saturated heterocycles. The Hall–Kier alpha value is -1.62. The minimum atomic E-state index is -0.188. The third-order valence-electron chi connectivity index (χ3n) is 2.01. The predicted molar refractivity (Wildman–Crippen MR) is 63.0 cm³/mol. The maximum atomic E-state index is 11.1. The number of ketones is 1. The molecule has 4 nitrogen and oxygen atoms in total. The van der Waals surface area contributed by atoms with Crippen LogP contribution in [0.3, 0.4) is 0 Å². The molecular formula is C11H8BrN3O. The van der Waals surface area contributed by atoms with Gasteiger partial charge in [0.1, 0.15) is 0 Å². The molecule has 0 unspecified atom stereocenters. The lowest BCUT2D eigenvalue weighted by Gasteiger charge is -2.00. The maximum Gasteiger partial charge on any atom is 0.218 e. The van der Waals surface area contributed by atoms with E-state index in [4.69, 9.17) is 0 Å². The molecule has 2 rings (SSSR count). The summed E-state index contributed by atoms with van der Waals surface area (Å²) in [5.74, 6) is -0.0492. The van der Waals surface area contributed by atoms with Crippen molar-refractivity contribution in [1.82, 2.24) is 15.2 Å². The van der Waals surface area contributed by atoms with Crippen LogP contribution in [0.5, 0.6) is 0 Å². The van der Waals surface area contributed by atoms with Crippen molar-refractivity contribution in [3.63, 3.8) is 0 Å². The Labute approximate surface area is 101 Å². The number of carbonyl (C=O) groups is 1. The van der Waals surface area contributed by atoms with Crippen molar-refractivity contribution in [1.29, 1.82) is 0 Å². The monoisotopic (exact) mass is 277 g/mol. The zero-order chi connectivity index (χ0) is 11.5. The topological polar surface area (TPSA) is 55.7 Å². The van der Waals surface area contributed by atoms with Crippen LogP contribution in [0.2, 0.25) is 0 Å². The first-order chi connectivity index (χ1) is 7.66. The van der Waals surface area contributed by atoms with Gasteiger partial charge in [-0.3, -0.25) is 4.79 Å². The molecule has 0 aliphatic rings. The number of hydrogen-bond acceptors (Lipinski definition) is 4. The molecule has 0 radical (unpaired) electrons. The highest BCUT2D eigenvalue weighted by atomic mass is 79.9. The number of halogens is 1. The van der Waals surface area contributed by atoms with Crippen molar-refractivity contribution in [2.45, 2.75) is 6.92 Å². The Kier molecular flexibility index (Phi) is 3.05. The van der Waals surface area contributed by atoms with Crippen LogP contribution in [0.4, 0.5) is 0 Å². The second kappa shape index (κ2) is 4.49. The van der Waals surface area contributed by atoms with Gasteiger partial charge in [-0.1, -0.05) is 28.1 Å². The van der Waals surface area contributed by atoms with E-state index in [1.54, 1.807) is 0 Å². The van der Waals surface area contributed by atoms with Gasteiger partial charge >= 0.3 is 0 Å². The highest BCUT2D eigenvalue weighted by molar-refractivity contribution is 9.10. The molecule has 2 aromatic rings. The molecular weight excluding hydrogens is 270 g/mol. The maximum absolute atomic E-state index is 11.1. The molecule has 0 bridgehead atoms. The van der Waals surface area contributed by atoms with Crippen LogP contribution >= 0.6 is 15.9 Å². The number of nitrogens with zero attached hydrogens (tertiary/aromatic N) is 3. The summed E-state index contributed by atoms with van der Waals surface area (Å²) in [5, 5.41) is 7.42. The first-order valence-corrected chi connectivity index (χ1v) is 5.43. The van der Waals surface area contributed by atoms with E-state index in [1.807, 2.05) is 24.3 Å². The molecule has 1 heterocycles. The molecule has 1 aromatic carbocycles. The highest BCUT2D eigenvalue weighted by Gasteiger charge is 2.06. The van der Waals surface area contributed by atoms with Gasteiger partial charge in [-0.25, -0.2) is 4.98 Å². The first-order valence-electron chi connectivity index (χ1n) is 4.63. The third kappa shape index (κ3) is 2.30. The number of benzene rings is 1. The van der Waals surface area contributed by atoms with Gasteiger partial charge < -0.3 is 0 Å². The molecule has 0 fully saturated rings. The minimum Gasteiger partial charge on any atom is -0.291 e. The Morgan fingerprint density at radius 2 is 1.94 bits per heavy atom. The van der Waals surface area contributed by atoms with Gasteiger partial charge in [-0.05, 0) is 12.1 Å². The summed E-state index contributed by atoms with van der Waals surface area (Å²) in [5.41, 5.74) is 1.55. The second-order valence-corrected chi connectivity index (χ2v) is 4.14. The van der Waals surface area contributed by atoms with Crippen molar-refractivity contribution >= 4 is 21.7 Å². The molecule has 80 valence electrons. The summed E-state index contributed by atoms with van der Waals surface area (Å²) in [6.45, 7) is 1.42. The fraction of sp³-hybridized carbons (Fsp3) is 0.0909. The predicted octanol–water partition coefficient (Wildman–Crippen LogP) is 2.50. The number of aromatic nitrogens is 3. The molecule has 16 heavy (non-hydrogen) atoms. The van der Waals surface area contributed by atoms with Gasteiger partial charge in [0.05, 0.1) is 11.9 Å². The van der Waals surface area contributed by atoms with Crippen LogP contribution in [0.15, 0.2) is 34.9 Å². The van der Waals surface area contributed by atoms with Crippen LogP contribution in [0.1, 0.15) is 17.5 Å². The molecule has 1 aromatic heterocycles. The summed E-state index contributed by atoms with van der Waals surface area (Å²) in [7, 11) is 0. The smallest absolute Gasteiger partial charge is 0.218 e. The lowest BCUT2D eigenvalue weighted by atomic mass is 10.2. The van der Waals surface area contributed by atoms with Crippen LogP contribution in [0, 0.1) is 0 Å². The van der Waals surface area contributed by atoms with Crippen LogP contribution in [-0.4, -0.2) is 21.0 Å². The normalized spacial score (nSPS) is 10.1. The minimum absolute atomic E-state index is 0.139. The zero-order valence-corrected chi connectivity index (χ0v) is 10.1. The second-order valence-electron chi connectivity index (χ2n) is 3.23. The standard InChI is InChI=1S/C11H8BrN3O/c1-7(16)11-14-10(6-13-15-11)8-2-4-9(12)5-3-8/h2-6H,1H3. The summed E-state index contributed by atoms with van der Waals surface area (Å²) in [6, 6.07) is 7.62. The average molecular weight is 278 g/mol. The first kappa shape index (κ1) is 10.9. The van der Waals surface area contributed by atoms with Crippen molar-refractivity contribution in [2.75, 3.05) is 0 Å². The molecule has 0 N–H and O–H groups in total. The fourth-order valence-electron chi connectivity index (χ4n) is 1.21. The lowest BCUT2D eigenvalue weighted by Crippen LogP contribution is -2.03. The van der Waals surface area contributed by atoms with Crippen LogP contribution < -0.4 is 0 Å². The van der Waals surface area contributed by atoms with Crippen LogP contribution in [-0.2, 0) is 0 Å². The number of carbonyl (C=O) groups excluding carboxylic acids is 1. The Morgan fingerprint density at radius 1 is 1.25 bits per heavy atom. The van der Waals surface area contributed by atoms with Crippen molar-refractivity contribution < 1.29 is 4.79 Å². The van der Waals surface area contributed by atoms with Gasteiger partial charge in [0.25, 0.3) is 0 Å². The zero-order valence-electron chi connectivity index (χ0n) is 8.51. The SMILES string of the molecule is CC(=O)c1nncc(-c2ccc(Br)cc2)n1. The number of hydrogen-bond donors (Lipinski definition) is 0. The third-order valence-corrected chi connectivity index (χ3v) is 2.54. The Balaban J connectivity index is 2.44. The van der Waals surface area contributed by atoms with E-state index in [1.165, 1.54) is 13.1 Å². The molecule has 5 heteroatoms. The van der Waals surface area contributed by atoms with E-state index in [-0.39, 0.29) is 11.6 Å². The van der Waals surface area contributed by atoms with Crippen molar-refractivity contribution in [3.05, 3.63) is 40.8 Å². The highest BCUT2D eigenvalue weighted by Crippen LogP contribution is 2.18. The van der Waals surface area contributed by atoms with Gasteiger partial charge in [-0.2, -0.15) is 5.10 Å². The fourth-order valence-corrected chi connectivity index (χ4v) is 1.48. The largest absolute Gasteiger partial charge is 0.291 e. The molecule has 0 amide bonds.